The normalized spacial score (nSPS) is 14.9. The predicted molar refractivity (Wildman–Crippen MR) is 110 cm³/mol. The zero-order valence-corrected chi connectivity index (χ0v) is 17.2. The lowest BCUT2D eigenvalue weighted by molar-refractivity contribution is -0.132. The van der Waals surface area contributed by atoms with Crippen molar-refractivity contribution in [2.24, 2.45) is 0 Å². The van der Waals surface area contributed by atoms with E-state index in [0.717, 1.165) is 53.0 Å². The van der Waals surface area contributed by atoms with Crippen molar-refractivity contribution in [1.29, 1.82) is 0 Å². The Labute approximate surface area is 170 Å². The summed E-state index contributed by atoms with van der Waals surface area (Å²) in [6, 6.07) is 3.52. The molecule has 1 aliphatic heterocycles. The van der Waals surface area contributed by atoms with E-state index < -0.39 is 0 Å². The molecule has 1 amide bonds. The van der Waals surface area contributed by atoms with Gasteiger partial charge in [0, 0.05) is 18.0 Å². The van der Waals surface area contributed by atoms with E-state index in [0.29, 0.717) is 17.2 Å². The monoisotopic (exact) mass is 411 g/mol. The lowest BCUT2D eigenvalue weighted by Gasteiger charge is -2.27. The first-order chi connectivity index (χ1) is 14.0. The number of likely N-dealkylation sites (tertiary alicyclic amines) is 1. The minimum Gasteiger partial charge on any atom is -0.461 e. The number of aryl methyl sites for hydroxylation is 2. The van der Waals surface area contributed by atoms with Gasteiger partial charge in [-0.25, -0.2) is 9.78 Å². The van der Waals surface area contributed by atoms with Crippen molar-refractivity contribution in [3.8, 4) is 11.6 Å². The molecule has 1 saturated heterocycles. The highest BCUT2D eigenvalue weighted by Crippen LogP contribution is 2.32. The van der Waals surface area contributed by atoms with E-state index in [2.05, 4.69) is 10.1 Å². The minimum absolute atomic E-state index is 0.0145. The van der Waals surface area contributed by atoms with E-state index in [9.17, 15) is 9.59 Å². The Balaban J connectivity index is 1.70. The molecule has 4 aromatic rings. The molecule has 0 unspecified atom stereocenters. The van der Waals surface area contributed by atoms with Gasteiger partial charge in [0.05, 0.1) is 11.6 Å². The molecule has 5 rings (SSSR count). The second kappa shape index (κ2) is 6.84. The van der Waals surface area contributed by atoms with E-state index >= 15 is 0 Å². The van der Waals surface area contributed by atoms with Crippen LogP contribution < -0.4 is 5.69 Å². The number of nitrogens with zero attached hydrogens (tertiary/aromatic N) is 5. The van der Waals surface area contributed by atoms with Crippen LogP contribution in [0.15, 0.2) is 27.6 Å². The number of carbonyl (C=O) groups excluding carboxylic acids is 1. The van der Waals surface area contributed by atoms with Crippen LogP contribution in [0.5, 0.6) is 0 Å². The molecule has 0 radical (unpaired) electrons. The Morgan fingerprint density at radius 1 is 1.24 bits per heavy atom. The van der Waals surface area contributed by atoms with E-state index in [4.69, 9.17) is 4.42 Å². The average molecular weight is 411 g/mol. The van der Waals surface area contributed by atoms with Crippen LogP contribution in [-0.2, 0) is 11.3 Å². The number of rotatable bonds is 3. The Bertz CT molecular complexity index is 1280. The second-order valence-corrected chi connectivity index (χ2v) is 8.62. The molecule has 0 bridgehead atoms. The van der Waals surface area contributed by atoms with Gasteiger partial charge in [0.1, 0.15) is 11.4 Å². The topological polar surface area (TPSA) is 85.6 Å². The molecule has 0 saturated carbocycles. The van der Waals surface area contributed by atoms with Gasteiger partial charge in [0.25, 0.3) is 0 Å². The lowest BCUT2D eigenvalue weighted by Crippen LogP contribution is -2.40. The molecule has 0 aliphatic carbocycles. The first-order valence-electron chi connectivity index (χ1n) is 9.75. The Kier molecular flexibility index (Phi) is 4.27. The standard InChI is InChI=1S/C20H21N5O3S/c1-12-13(2)29-19-16(12)18-21-17(14-7-6-10-28-14)22-25(18)20(27)24(19)11-15(26)23-8-4-3-5-9-23/h6-7,10H,3-5,8-9,11H2,1-2H3. The molecule has 150 valence electrons. The van der Waals surface area contributed by atoms with Gasteiger partial charge in [-0.05, 0) is 50.8 Å². The summed E-state index contributed by atoms with van der Waals surface area (Å²) in [5.74, 6) is 0.834. The van der Waals surface area contributed by atoms with E-state index in [1.807, 2.05) is 18.7 Å². The number of hydrogen-bond donors (Lipinski definition) is 0. The van der Waals surface area contributed by atoms with Gasteiger partial charge in [0.15, 0.2) is 11.4 Å². The highest BCUT2D eigenvalue weighted by molar-refractivity contribution is 7.19. The van der Waals surface area contributed by atoms with Crippen molar-refractivity contribution in [2.45, 2.75) is 39.7 Å². The van der Waals surface area contributed by atoms with Crippen molar-refractivity contribution in [3.63, 3.8) is 0 Å². The maximum atomic E-state index is 13.3. The second-order valence-electron chi connectivity index (χ2n) is 7.42. The van der Waals surface area contributed by atoms with Gasteiger partial charge in [-0.2, -0.15) is 4.52 Å². The molecule has 5 heterocycles. The Morgan fingerprint density at radius 2 is 2.03 bits per heavy atom. The minimum atomic E-state index is -0.357. The number of hydrogen-bond acceptors (Lipinski definition) is 6. The molecular weight excluding hydrogens is 390 g/mol. The lowest BCUT2D eigenvalue weighted by atomic mass is 10.1. The molecule has 1 fully saturated rings. The molecule has 29 heavy (non-hydrogen) atoms. The molecule has 8 nitrogen and oxygen atoms in total. The van der Waals surface area contributed by atoms with Crippen molar-refractivity contribution in [3.05, 3.63) is 39.3 Å². The summed E-state index contributed by atoms with van der Waals surface area (Å²) in [4.78, 5) is 34.5. The van der Waals surface area contributed by atoms with Crippen LogP contribution in [0.2, 0.25) is 0 Å². The highest BCUT2D eigenvalue weighted by atomic mass is 32.1. The summed E-state index contributed by atoms with van der Waals surface area (Å²) in [7, 11) is 0. The molecule has 4 aromatic heterocycles. The molecule has 9 heteroatoms. The number of piperidine rings is 1. The van der Waals surface area contributed by atoms with E-state index in [1.165, 1.54) is 15.9 Å². The number of thiophene rings is 1. The highest BCUT2D eigenvalue weighted by Gasteiger charge is 2.24. The maximum Gasteiger partial charge on any atom is 0.352 e. The van der Waals surface area contributed by atoms with Crippen LogP contribution in [0, 0.1) is 13.8 Å². The predicted octanol–water partition coefficient (Wildman–Crippen LogP) is 3.00. The third kappa shape index (κ3) is 2.88. The fraction of sp³-hybridized carbons (Fsp3) is 0.400. The van der Waals surface area contributed by atoms with Gasteiger partial charge in [-0.15, -0.1) is 16.4 Å². The van der Waals surface area contributed by atoms with Crippen LogP contribution in [0.1, 0.15) is 29.7 Å². The SMILES string of the molecule is Cc1sc2c(c1C)c1nc(-c3ccco3)nn1c(=O)n2CC(=O)N1CCCCC1. The average Bonchev–Trinajstić information content (AvgIpc) is 3.45. The van der Waals surface area contributed by atoms with E-state index in [1.54, 1.807) is 23.0 Å². The number of amides is 1. The van der Waals surface area contributed by atoms with Crippen LogP contribution in [0.3, 0.4) is 0 Å². The summed E-state index contributed by atoms with van der Waals surface area (Å²) in [6.07, 6.45) is 4.73. The largest absolute Gasteiger partial charge is 0.461 e. The number of fused-ring (bicyclic) bond motifs is 3. The van der Waals surface area contributed by atoms with Gasteiger partial charge < -0.3 is 9.32 Å². The van der Waals surface area contributed by atoms with Crippen LogP contribution in [-0.4, -0.2) is 43.1 Å². The van der Waals surface area contributed by atoms with Crippen molar-refractivity contribution in [1.82, 2.24) is 24.1 Å². The van der Waals surface area contributed by atoms with Gasteiger partial charge >= 0.3 is 5.69 Å². The first kappa shape index (κ1) is 18.1. The van der Waals surface area contributed by atoms with Gasteiger partial charge in [-0.1, -0.05) is 0 Å². The molecule has 1 aliphatic rings. The van der Waals surface area contributed by atoms with Crippen LogP contribution in [0.25, 0.3) is 27.4 Å². The van der Waals surface area contributed by atoms with Crippen LogP contribution >= 0.6 is 11.3 Å². The van der Waals surface area contributed by atoms with Crippen LogP contribution in [0.4, 0.5) is 0 Å². The number of aromatic nitrogens is 4. The molecule has 0 aromatic carbocycles. The van der Waals surface area contributed by atoms with Gasteiger partial charge in [-0.3, -0.25) is 9.36 Å². The summed E-state index contributed by atoms with van der Waals surface area (Å²) < 4.78 is 8.25. The quantitative estimate of drug-likeness (QED) is 0.517. The van der Waals surface area contributed by atoms with Crippen molar-refractivity contribution >= 4 is 33.1 Å². The summed E-state index contributed by atoms with van der Waals surface area (Å²) in [5.41, 5.74) is 1.19. The van der Waals surface area contributed by atoms with Crippen molar-refractivity contribution < 1.29 is 9.21 Å². The third-order valence-electron chi connectivity index (χ3n) is 5.60. The van der Waals surface area contributed by atoms with E-state index in [-0.39, 0.29) is 18.1 Å². The first-order valence-corrected chi connectivity index (χ1v) is 10.6. The maximum absolute atomic E-state index is 13.3. The summed E-state index contributed by atoms with van der Waals surface area (Å²) >= 11 is 1.52. The summed E-state index contributed by atoms with van der Waals surface area (Å²) in [6.45, 7) is 5.56. The third-order valence-corrected chi connectivity index (χ3v) is 6.83. The van der Waals surface area contributed by atoms with Gasteiger partial charge in [0.2, 0.25) is 11.7 Å². The smallest absolute Gasteiger partial charge is 0.352 e. The van der Waals surface area contributed by atoms with Crippen molar-refractivity contribution in [2.75, 3.05) is 13.1 Å². The molecule has 0 atom stereocenters. The Hall–Kier alpha value is -2.94. The summed E-state index contributed by atoms with van der Waals surface area (Å²) in [5, 5.41) is 5.26. The molecule has 0 spiro atoms. The molecule has 0 N–H and O–H groups in total. The Morgan fingerprint density at radius 3 is 2.76 bits per heavy atom. The number of furan rings is 1. The fourth-order valence-corrected chi connectivity index (χ4v) is 5.04. The number of carbonyl (C=O) groups is 1. The fourth-order valence-electron chi connectivity index (χ4n) is 3.90. The zero-order chi connectivity index (χ0) is 20.1. The zero-order valence-electron chi connectivity index (χ0n) is 16.3. The molecular formula is C20H21N5O3S.